The minimum absolute atomic E-state index is 0.0307. The maximum absolute atomic E-state index is 12.0. The summed E-state index contributed by atoms with van der Waals surface area (Å²) in [6.45, 7) is 3.22. The van der Waals surface area contributed by atoms with E-state index in [4.69, 9.17) is 9.84 Å². The first-order valence-electron chi connectivity index (χ1n) is 6.53. The van der Waals surface area contributed by atoms with Crippen molar-refractivity contribution in [3.63, 3.8) is 0 Å². The molecule has 2 heterocycles. The highest BCUT2D eigenvalue weighted by atomic mass is 16.5. The molecule has 2 aliphatic rings. The summed E-state index contributed by atoms with van der Waals surface area (Å²) in [5.41, 5.74) is 0. The molecular weight excluding hydrogens is 220 g/mol. The van der Waals surface area contributed by atoms with Gasteiger partial charge in [0.05, 0.1) is 12.6 Å². The van der Waals surface area contributed by atoms with Gasteiger partial charge in [-0.1, -0.05) is 0 Å². The normalized spacial score (nSPS) is 29.4. The third-order valence-corrected chi connectivity index (χ3v) is 3.60. The van der Waals surface area contributed by atoms with Gasteiger partial charge < -0.3 is 20.1 Å². The Kier molecular flexibility index (Phi) is 4.62. The van der Waals surface area contributed by atoms with E-state index in [0.717, 1.165) is 45.4 Å². The van der Waals surface area contributed by atoms with Crippen molar-refractivity contribution >= 4 is 6.03 Å². The number of amides is 2. The number of aliphatic hydroxyl groups excluding tert-OH is 1. The van der Waals surface area contributed by atoms with Gasteiger partial charge in [-0.05, 0) is 31.6 Å². The second-order valence-electron chi connectivity index (χ2n) is 4.98. The van der Waals surface area contributed by atoms with Crippen LogP contribution in [0, 0.1) is 5.92 Å². The van der Waals surface area contributed by atoms with Crippen LogP contribution in [-0.2, 0) is 4.74 Å². The molecule has 0 aromatic carbocycles. The molecule has 0 spiro atoms. The molecule has 0 bridgehead atoms. The van der Waals surface area contributed by atoms with Gasteiger partial charge in [0.2, 0.25) is 0 Å². The molecule has 0 aliphatic carbocycles. The highest BCUT2D eigenvalue weighted by Gasteiger charge is 2.25. The monoisotopic (exact) mass is 242 g/mol. The summed E-state index contributed by atoms with van der Waals surface area (Å²) in [7, 11) is 0. The Bertz CT molecular complexity index is 252. The first-order valence-corrected chi connectivity index (χ1v) is 6.53. The fourth-order valence-electron chi connectivity index (χ4n) is 2.58. The lowest BCUT2D eigenvalue weighted by Crippen LogP contribution is -2.48. The second kappa shape index (κ2) is 6.21. The minimum Gasteiger partial charge on any atom is -0.396 e. The van der Waals surface area contributed by atoms with Crippen molar-refractivity contribution in [1.29, 1.82) is 0 Å². The lowest BCUT2D eigenvalue weighted by molar-refractivity contribution is 0.145. The van der Waals surface area contributed by atoms with Crippen LogP contribution >= 0.6 is 0 Å². The summed E-state index contributed by atoms with van der Waals surface area (Å²) in [6.07, 6.45) is 3.88. The zero-order valence-electron chi connectivity index (χ0n) is 10.2. The summed E-state index contributed by atoms with van der Waals surface area (Å²) in [4.78, 5) is 13.9. The quantitative estimate of drug-likeness (QED) is 0.761. The number of urea groups is 1. The number of carbonyl (C=O) groups is 1. The minimum atomic E-state index is 0.0307. The molecule has 0 aromatic rings. The topological polar surface area (TPSA) is 61.8 Å². The van der Waals surface area contributed by atoms with Gasteiger partial charge in [0.1, 0.15) is 0 Å². The Hall–Kier alpha value is -0.810. The molecule has 2 rings (SSSR count). The summed E-state index contributed by atoms with van der Waals surface area (Å²) >= 11 is 0. The molecule has 5 heteroatoms. The molecule has 2 unspecified atom stereocenters. The first kappa shape index (κ1) is 12.6. The van der Waals surface area contributed by atoms with Crippen LogP contribution in [0.2, 0.25) is 0 Å². The van der Waals surface area contributed by atoms with E-state index in [1.165, 1.54) is 0 Å². The predicted octanol–water partition coefficient (Wildman–Crippen LogP) is 0.579. The summed E-state index contributed by atoms with van der Waals surface area (Å²) in [5.74, 6) is 0.458. The number of piperidine rings is 1. The van der Waals surface area contributed by atoms with Gasteiger partial charge in [-0.2, -0.15) is 0 Å². The Morgan fingerprint density at radius 2 is 2.35 bits per heavy atom. The van der Waals surface area contributed by atoms with Gasteiger partial charge in [0, 0.05) is 26.3 Å². The number of carbonyl (C=O) groups excluding carboxylic acids is 1. The smallest absolute Gasteiger partial charge is 0.317 e. The fraction of sp³-hybridized carbons (Fsp3) is 0.917. The molecule has 0 radical (unpaired) electrons. The molecule has 0 saturated carbocycles. The van der Waals surface area contributed by atoms with Gasteiger partial charge in [-0.25, -0.2) is 4.79 Å². The van der Waals surface area contributed by atoms with Crippen molar-refractivity contribution in [3.8, 4) is 0 Å². The van der Waals surface area contributed by atoms with Crippen LogP contribution in [0.1, 0.15) is 25.7 Å². The number of rotatable bonds is 3. The molecule has 2 N–H and O–H groups in total. The number of nitrogens with one attached hydrogen (secondary N) is 1. The number of aliphatic hydroxyl groups is 1. The highest BCUT2D eigenvalue weighted by molar-refractivity contribution is 5.74. The van der Waals surface area contributed by atoms with Crippen molar-refractivity contribution in [2.45, 2.75) is 31.7 Å². The van der Waals surface area contributed by atoms with Crippen LogP contribution in [0.3, 0.4) is 0 Å². The maximum Gasteiger partial charge on any atom is 0.317 e. The van der Waals surface area contributed by atoms with Crippen LogP contribution < -0.4 is 5.32 Å². The van der Waals surface area contributed by atoms with Crippen molar-refractivity contribution < 1.29 is 14.6 Å². The molecule has 98 valence electrons. The maximum atomic E-state index is 12.0. The molecular formula is C12H22N2O3. The highest BCUT2D eigenvalue weighted by Crippen LogP contribution is 2.19. The van der Waals surface area contributed by atoms with Gasteiger partial charge in [-0.3, -0.25) is 0 Å². The second-order valence-corrected chi connectivity index (χ2v) is 4.98. The van der Waals surface area contributed by atoms with E-state index in [0.29, 0.717) is 12.5 Å². The third kappa shape index (κ3) is 3.57. The molecule has 2 fully saturated rings. The van der Waals surface area contributed by atoms with Gasteiger partial charge >= 0.3 is 6.03 Å². The fourth-order valence-corrected chi connectivity index (χ4v) is 2.58. The molecule has 2 saturated heterocycles. The van der Waals surface area contributed by atoms with Gasteiger partial charge in [-0.15, -0.1) is 0 Å². The van der Waals surface area contributed by atoms with E-state index >= 15 is 0 Å². The summed E-state index contributed by atoms with van der Waals surface area (Å²) in [6, 6.07) is 0.212. The van der Waals surface area contributed by atoms with Crippen LogP contribution in [0.15, 0.2) is 0 Å². The molecule has 17 heavy (non-hydrogen) atoms. The average Bonchev–Trinajstić information content (AvgIpc) is 2.83. The molecule has 0 aromatic heterocycles. The number of likely N-dealkylation sites (tertiary alicyclic amines) is 1. The standard InChI is InChI=1S/C12H22N2O3/c15-6-3-10-2-1-5-14(8-10)12(16)13-11-4-7-17-9-11/h10-11,15H,1-9H2,(H,13,16). The van der Waals surface area contributed by atoms with Crippen LogP contribution in [0.5, 0.6) is 0 Å². The summed E-state index contributed by atoms with van der Waals surface area (Å²) < 4.78 is 5.24. The molecule has 2 amide bonds. The lowest BCUT2D eigenvalue weighted by atomic mass is 9.95. The third-order valence-electron chi connectivity index (χ3n) is 3.60. The molecule has 5 nitrogen and oxygen atoms in total. The Morgan fingerprint density at radius 3 is 3.06 bits per heavy atom. The predicted molar refractivity (Wildman–Crippen MR) is 63.8 cm³/mol. The van der Waals surface area contributed by atoms with Crippen molar-refractivity contribution in [2.24, 2.45) is 5.92 Å². The van der Waals surface area contributed by atoms with Gasteiger partial charge in [0.25, 0.3) is 0 Å². The number of ether oxygens (including phenoxy) is 1. The lowest BCUT2D eigenvalue weighted by Gasteiger charge is -2.33. The van der Waals surface area contributed by atoms with Crippen LogP contribution in [0.25, 0.3) is 0 Å². The van der Waals surface area contributed by atoms with Gasteiger partial charge in [0.15, 0.2) is 0 Å². The average molecular weight is 242 g/mol. The number of nitrogens with zero attached hydrogens (tertiary/aromatic N) is 1. The van der Waals surface area contributed by atoms with E-state index in [-0.39, 0.29) is 18.7 Å². The summed E-state index contributed by atoms with van der Waals surface area (Å²) in [5, 5.41) is 11.9. The number of hydrogen-bond acceptors (Lipinski definition) is 3. The zero-order chi connectivity index (χ0) is 12.1. The van der Waals surface area contributed by atoms with Crippen molar-refractivity contribution in [2.75, 3.05) is 32.9 Å². The van der Waals surface area contributed by atoms with Crippen LogP contribution in [0.4, 0.5) is 4.79 Å². The number of hydrogen-bond donors (Lipinski definition) is 2. The van der Waals surface area contributed by atoms with E-state index < -0.39 is 0 Å². The largest absolute Gasteiger partial charge is 0.396 e. The first-order chi connectivity index (χ1) is 8.29. The molecule has 2 atom stereocenters. The van der Waals surface area contributed by atoms with Crippen molar-refractivity contribution in [3.05, 3.63) is 0 Å². The van der Waals surface area contributed by atoms with Crippen molar-refractivity contribution in [1.82, 2.24) is 10.2 Å². The zero-order valence-corrected chi connectivity index (χ0v) is 10.2. The Morgan fingerprint density at radius 1 is 1.47 bits per heavy atom. The molecule has 2 aliphatic heterocycles. The Labute approximate surface area is 102 Å². The van der Waals surface area contributed by atoms with E-state index in [1.54, 1.807) is 0 Å². The SMILES string of the molecule is O=C(NC1CCOC1)N1CCCC(CCO)C1. The Balaban J connectivity index is 1.77. The van der Waals surface area contributed by atoms with E-state index in [1.807, 2.05) is 4.90 Å². The van der Waals surface area contributed by atoms with Crippen LogP contribution in [-0.4, -0.2) is 55.0 Å². The van der Waals surface area contributed by atoms with E-state index in [2.05, 4.69) is 5.32 Å². The van der Waals surface area contributed by atoms with E-state index in [9.17, 15) is 4.79 Å².